The molecule has 1 unspecified atom stereocenters. The van der Waals surface area contributed by atoms with Crippen LogP contribution in [0.4, 0.5) is 26.3 Å². The van der Waals surface area contributed by atoms with Gasteiger partial charge in [0.15, 0.2) is 5.54 Å². The van der Waals surface area contributed by atoms with Gasteiger partial charge in [-0.3, -0.25) is 14.3 Å². The number of halogens is 6. The van der Waals surface area contributed by atoms with Crippen molar-refractivity contribution in [2.24, 2.45) is 0 Å². The van der Waals surface area contributed by atoms with Crippen LogP contribution in [0.3, 0.4) is 0 Å². The summed E-state index contributed by atoms with van der Waals surface area (Å²) in [6, 6.07) is 6.45. The lowest BCUT2D eigenvalue weighted by molar-refractivity contribution is -0.202. The highest BCUT2D eigenvalue weighted by atomic mass is 32.2. The van der Waals surface area contributed by atoms with Gasteiger partial charge in [0.25, 0.3) is 11.8 Å². The highest BCUT2D eigenvalue weighted by molar-refractivity contribution is 7.91. The van der Waals surface area contributed by atoms with Crippen LogP contribution in [-0.4, -0.2) is 47.6 Å². The van der Waals surface area contributed by atoms with Crippen LogP contribution in [0, 0.1) is 0 Å². The first-order valence-corrected chi connectivity index (χ1v) is 15.0. The second-order valence-electron chi connectivity index (χ2n) is 11.0. The van der Waals surface area contributed by atoms with Crippen molar-refractivity contribution in [3.8, 4) is 0 Å². The second-order valence-corrected chi connectivity index (χ2v) is 13.0. The van der Waals surface area contributed by atoms with Gasteiger partial charge < -0.3 is 5.32 Å². The molecule has 2 fully saturated rings. The summed E-state index contributed by atoms with van der Waals surface area (Å²) in [6.07, 6.45) is -7.20. The standard InChI is InChI=1S/C27H28F6N4O4S/c28-26(29,30)13-2-1-3-16-4-6-17(7-5-16)25(27(31,32)33)15-20(21-12-14-37(35-21)18-8-9-18)22(23(38)34-25)24(39)36-42(40,41)19-10-11-19/h4-7,12,14,18-19H,1-3,8-11,13,15H2,(H,34,38)(H,36,39). The Morgan fingerprint density at radius 1 is 1.02 bits per heavy atom. The predicted octanol–water partition coefficient (Wildman–Crippen LogP) is 4.83. The van der Waals surface area contributed by atoms with Gasteiger partial charge in [-0.25, -0.2) is 13.1 Å². The van der Waals surface area contributed by atoms with E-state index >= 15 is 0 Å². The highest BCUT2D eigenvalue weighted by Gasteiger charge is 2.60. The molecule has 1 aromatic carbocycles. The van der Waals surface area contributed by atoms with E-state index in [0.717, 1.165) is 25.0 Å². The molecule has 0 radical (unpaired) electrons. The Morgan fingerprint density at radius 3 is 2.26 bits per heavy atom. The third kappa shape index (κ3) is 6.35. The van der Waals surface area contributed by atoms with E-state index in [-0.39, 0.29) is 42.1 Å². The molecule has 0 saturated heterocycles. The largest absolute Gasteiger partial charge is 0.416 e. The smallest absolute Gasteiger partial charge is 0.334 e. The molecule has 3 aliphatic rings. The van der Waals surface area contributed by atoms with Gasteiger partial charge in [-0.05, 0) is 62.1 Å². The van der Waals surface area contributed by atoms with E-state index in [9.17, 15) is 44.3 Å². The fraction of sp³-hybridized carbons (Fsp3) is 0.519. The Kier molecular flexibility index (Phi) is 7.69. The zero-order valence-corrected chi connectivity index (χ0v) is 23.0. The van der Waals surface area contributed by atoms with Crippen molar-refractivity contribution in [2.75, 3.05) is 0 Å². The summed E-state index contributed by atoms with van der Waals surface area (Å²) >= 11 is 0. The highest BCUT2D eigenvalue weighted by Crippen LogP contribution is 2.48. The number of nitrogens with zero attached hydrogens (tertiary/aromatic N) is 2. The average Bonchev–Trinajstić information content (AvgIpc) is 3.83. The second kappa shape index (κ2) is 10.7. The van der Waals surface area contributed by atoms with Crippen LogP contribution >= 0.6 is 0 Å². The number of aromatic nitrogens is 2. The number of hydrogen-bond acceptors (Lipinski definition) is 5. The van der Waals surface area contributed by atoms with E-state index in [1.807, 2.05) is 10.0 Å². The number of carbonyl (C=O) groups is 2. The minimum atomic E-state index is -5.07. The molecule has 1 aromatic heterocycles. The van der Waals surface area contributed by atoms with Crippen LogP contribution in [0.5, 0.6) is 0 Å². The van der Waals surface area contributed by atoms with Crippen molar-refractivity contribution in [1.82, 2.24) is 19.8 Å². The molecule has 15 heteroatoms. The maximum atomic E-state index is 14.9. The lowest BCUT2D eigenvalue weighted by Gasteiger charge is -2.41. The van der Waals surface area contributed by atoms with Crippen molar-refractivity contribution < 1.29 is 44.3 Å². The molecule has 2 heterocycles. The van der Waals surface area contributed by atoms with Gasteiger partial charge >= 0.3 is 12.4 Å². The minimum Gasteiger partial charge on any atom is -0.334 e. The molecule has 42 heavy (non-hydrogen) atoms. The Balaban J connectivity index is 1.49. The quantitative estimate of drug-likeness (QED) is 0.225. The molecule has 228 valence electrons. The van der Waals surface area contributed by atoms with Crippen molar-refractivity contribution in [1.29, 1.82) is 0 Å². The summed E-state index contributed by atoms with van der Waals surface area (Å²) < 4.78 is 110. The van der Waals surface area contributed by atoms with Crippen LogP contribution < -0.4 is 10.0 Å². The SMILES string of the molecule is O=C1NC(c2ccc(CCCCC(F)(F)F)cc2)(C(F)(F)F)CC(c2ccn(C3CC3)n2)=C1C(=O)NS(=O)(=O)C1CC1. The van der Waals surface area contributed by atoms with Gasteiger partial charge in [0.05, 0.1) is 17.0 Å². The third-order valence-electron chi connectivity index (χ3n) is 7.67. The Labute approximate surface area is 237 Å². The summed E-state index contributed by atoms with van der Waals surface area (Å²) in [6.45, 7) is 0. The van der Waals surface area contributed by atoms with E-state index in [1.54, 1.807) is 0 Å². The lowest BCUT2D eigenvalue weighted by Crippen LogP contribution is -2.60. The molecule has 2 aliphatic carbocycles. The summed E-state index contributed by atoms with van der Waals surface area (Å²) in [5, 5.41) is 5.45. The van der Waals surface area contributed by atoms with Gasteiger partial charge in [-0.1, -0.05) is 24.3 Å². The predicted molar refractivity (Wildman–Crippen MR) is 138 cm³/mol. The van der Waals surface area contributed by atoms with E-state index in [0.29, 0.717) is 18.4 Å². The molecular weight excluding hydrogens is 590 g/mol. The number of carbonyl (C=O) groups excluding carboxylic acids is 2. The minimum absolute atomic E-state index is 0.0420. The molecule has 2 saturated carbocycles. The fourth-order valence-electron chi connectivity index (χ4n) is 5.05. The molecule has 1 atom stereocenters. The van der Waals surface area contributed by atoms with Gasteiger partial charge in [0.1, 0.15) is 5.57 Å². The van der Waals surface area contributed by atoms with E-state index in [4.69, 9.17) is 0 Å². The van der Waals surface area contributed by atoms with Gasteiger partial charge in [0.2, 0.25) is 10.0 Å². The van der Waals surface area contributed by atoms with Crippen LogP contribution in [0.25, 0.3) is 5.57 Å². The molecule has 8 nitrogen and oxygen atoms in total. The van der Waals surface area contributed by atoms with E-state index in [2.05, 4.69) is 5.10 Å². The Bertz CT molecular complexity index is 1510. The molecule has 2 amide bonds. The summed E-state index contributed by atoms with van der Waals surface area (Å²) in [4.78, 5) is 26.5. The molecule has 0 bridgehead atoms. The number of amides is 2. The van der Waals surface area contributed by atoms with E-state index in [1.165, 1.54) is 29.1 Å². The number of rotatable bonds is 10. The average molecular weight is 619 g/mol. The maximum absolute atomic E-state index is 14.9. The molecule has 1 aliphatic heterocycles. The Hall–Kier alpha value is -3.36. The first-order valence-electron chi connectivity index (χ1n) is 13.5. The number of unbranched alkanes of at least 4 members (excludes halogenated alkanes) is 1. The van der Waals surface area contributed by atoms with Crippen molar-refractivity contribution in [2.45, 2.75) is 87.0 Å². The lowest BCUT2D eigenvalue weighted by atomic mass is 9.77. The van der Waals surface area contributed by atoms with Gasteiger partial charge in [0, 0.05) is 24.6 Å². The number of hydrogen-bond donors (Lipinski definition) is 2. The molecular formula is C27H28F6N4O4S. The van der Waals surface area contributed by atoms with Gasteiger partial charge in [-0.2, -0.15) is 31.4 Å². The molecule has 5 rings (SSSR count). The van der Waals surface area contributed by atoms with Crippen LogP contribution in [0.15, 0.2) is 42.1 Å². The van der Waals surface area contributed by atoms with Crippen LogP contribution in [0.1, 0.15) is 74.2 Å². The molecule has 2 aromatic rings. The normalized spacial score (nSPS) is 21.8. The van der Waals surface area contributed by atoms with Crippen molar-refractivity contribution in [3.63, 3.8) is 0 Å². The number of benzene rings is 1. The van der Waals surface area contributed by atoms with Gasteiger partial charge in [-0.15, -0.1) is 0 Å². The zero-order valence-electron chi connectivity index (χ0n) is 22.2. The van der Waals surface area contributed by atoms with Crippen LogP contribution in [0.2, 0.25) is 0 Å². The van der Waals surface area contributed by atoms with Crippen molar-refractivity contribution >= 4 is 27.4 Å². The number of nitrogens with one attached hydrogen (secondary N) is 2. The number of alkyl halides is 6. The number of sulfonamides is 1. The topological polar surface area (TPSA) is 110 Å². The summed E-state index contributed by atoms with van der Waals surface area (Å²) in [5.74, 6) is -2.74. The molecule has 2 N–H and O–H groups in total. The first-order chi connectivity index (χ1) is 19.6. The fourth-order valence-corrected chi connectivity index (χ4v) is 6.34. The molecule has 0 spiro atoms. The monoisotopic (exact) mass is 618 g/mol. The number of aryl methyl sites for hydroxylation is 1. The first kappa shape index (κ1) is 30.1. The van der Waals surface area contributed by atoms with E-state index < -0.39 is 63.4 Å². The van der Waals surface area contributed by atoms with Crippen molar-refractivity contribution in [3.05, 3.63) is 58.9 Å². The summed E-state index contributed by atoms with van der Waals surface area (Å²) in [5.41, 5.74) is -4.00. The van der Waals surface area contributed by atoms with Crippen LogP contribution in [-0.2, 0) is 31.6 Å². The Morgan fingerprint density at radius 2 is 1.69 bits per heavy atom. The summed E-state index contributed by atoms with van der Waals surface area (Å²) in [7, 11) is -4.12. The maximum Gasteiger partial charge on any atom is 0.416 e. The third-order valence-corrected chi connectivity index (χ3v) is 9.49. The zero-order chi connectivity index (χ0) is 30.5.